The fourth-order valence-corrected chi connectivity index (χ4v) is 2.21. The number of hydrogen-bond donors (Lipinski definition) is 1. The second kappa shape index (κ2) is 5.53. The van der Waals surface area contributed by atoms with Gasteiger partial charge >= 0.3 is 6.09 Å². The van der Waals surface area contributed by atoms with Gasteiger partial charge in [0.1, 0.15) is 6.61 Å². The van der Waals surface area contributed by atoms with Gasteiger partial charge in [0.2, 0.25) is 0 Å². The third-order valence-electron chi connectivity index (χ3n) is 3.06. The molecule has 1 amide bonds. The molecule has 0 saturated carbocycles. The molecule has 1 N–H and O–H groups in total. The van der Waals surface area contributed by atoms with Gasteiger partial charge in [-0.1, -0.05) is 20.8 Å². The fraction of sp³-hybridized carbons (Fsp3) is 0.917. The molecule has 0 aromatic heterocycles. The molecule has 1 unspecified atom stereocenters. The molecule has 16 heavy (non-hydrogen) atoms. The summed E-state index contributed by atoms with van der Waals surface area (Å²) in [5.74, 6) is 0. The summed E-state index contributed by atoms with van der Waals surface area (Å²) in [6, 6.07) is 0.314. The Bertz CT molecular complexity index is 236. The van der Waals surface area contributed by atoms with Crippen LogP contribution >= 0.6 is 0 Å². The molecule has 1 saturated heterocycles. The van der Waals surface area contributed by atoms with Crippen molar-refractivity contribution in [3.05, 3.63) is 0 Å². The van der Waals surface area contributed by atoms with Crippen LogP contribution in [0.1, 0.15) is 33.6 Å². The van der Waals surface area contributed by atoms with Gasteiger partial charge in [-0.25, -0.2) is 4.79 Å². The number of carbonyl (C=O) groups excluding carboxylic acids is 1. The second-order valence-corrected chi connectivity index (χ2v) is 5.44. The Morgan fingerprint density at radius 2 is 2.19 bits per heavy atom. The highest BCUT2D eigenvalue weighted by molar-refractivity contribution is 5.68. The van der Waals surface area contributed by atoms with Crippen LogP contribution in [-0.2, 0) is 4.74 Å². The highest BCUT2D eigenvalue weighted by Crippen LogP contribution is 2.32. The van der Waals surface area contributed by atoms with Crippen molar-refractivity contribution < 1.29 is 9.53 Å². The zero-order valence-electron chi connectivity index (χ0n) is 10.9. The van der Waals surface area contributed by atoms with Crippen LogP contribution in [0.2, 0.25) is 0 Å². The predicted molar refractivity (Wildman–Crippen MR) is 64.5 cm³/mol. The van der Waals surface area contributed by atoms with Gasteiger partial charge in [-0.15, -0.1) is 0 Å². The van der Waals surface area contributed by atoms with E-state index >= 15 is 0 Å². The van der Waals surface area contributed by atoms with Gasteiger partial charge in [-0.3, -0.25) is 0 Å². The number of likely N-dealkylation sites (tertiary alicyclic amines) is 1. The summed E-state index contributed by atoms with van der Waals surface area (Å²) in [5, 5.41) is 2.96. The molecule has 0 aliphatic carbocycles. The minimum absolute atomic E-state index is 0.137. The first-order valence-electron chi connectivity index (χ1n) is 6.05. The number of amides is 1. The van der Waals surface area contributed by atoms with Crippen LogP contribution < -0.4 is 5.32 Å². The normalized spacial score (nSPS) is 21.2. The van der Waals surface area contributed by atoms with E-state index in [4.69, 9.17) is 4.74 Å². The highest BCUT2D eigenvalue weighted by Gasteiger charge is 2.37. The Hall–Kier alpha value is -0.770. The van der Waals surface area contributed by atoms with Crippen molar-refractivity contribution in [3.63, 3.8) is 0 Å². The first-order chi connectivity index (χ1) is 7.46. The smallest absolute Gasteiger partial charge is 0.410 e. The summed E-state index contributed by atoms with van der Waals surface area (Å²) < 4.78 is 5.22. The largest absolute Gasteiger partial charge is 0.448 e. The lowest BCUT2D eigenvalue weighted by Gasteiger charge is -2.34. The molecule has 1 atom stereocenters. The maximum absolute atomic E-state index is 11.9. The van der Waals surface area contributed by atoms with Gasteiger partial charge in [0.05, 0.1) is 0 Å². The average molecular weight is 228 g/mol. The molecule has 1 rings (SSSR count). The van der Waals surface area contributed by atoms with E-state index in [1.54, 1.807) is 0 Å². The molecule has 1 fully saturated rings. The molecular weight excluding hydrogens is 204 g/mol. The minimum Gasteiger partial charge on any atom is -0.448 e. The first kappa shape index (κ1) is 13.3. The van der Waals surface area contributed by atoms with Gasteiger partial charge in [-0.2, -0.15) is 0 Å². The Morgan fingerprint density at radius 1 is 1.50 bits per heavy atom. The van der Waals surface area contributed by atoms with E-state index in [9.17, 15) is 4.79 Å². The van der Waals surface area contributed by atoms with E-state index in [1.807, 2.05) is 11.9 Å². The first-order valence-corrected chi connectivity index (χ1v) is 6.05. The van der Waals surface area contributed by atoms with Crippen LogP contribution in [0.25, 0.3) is 0 Å². The van der Waals surface area contributed by atoms with Crippen LogP contribution in [0, 0.1) is 5.41 Å². The molecule has 1 aliphatic rings. The van der Waals surface area contributed by atoms with Crippen molar-refractivity contribution in [2.45, 2.75) is 39.7 Å². The van der Waals surface area contributed by atoms with Gasteiger partial charge in [0.25, 0.3) is 0 Å². The topological polar surface area (TPSA) is 41.6 Å². The monoisotopic (exact) mass is 228 g/mol. The maximum atomic E-state index is 11.9. The Morgan fingerprint density at radius 3 is 2.75 bits per heavy atom. The molecule has 4 heteroatoms. The SMILES string of the molecule is CNCCOC(=O)N1CCCC1C(C)(C)C. The van der Waals surface area contributed by atoms with Gasteiger partial charge in [0, 0.05) is 19.1 Å². The van der Waals surface area contributed by atoms with Crippen LogP contribution in [0.4, 0.5) is 4.79 Å². The molecule has 0 radical (unpaired) electrons. The van der Waals surface area contributed by atoms with Gasteiger partial charge in [0.15, 0.2) is 0 Å². The molecule has 94 valence electrons. The van der Waals surface area contributed by atoms with Crippen molar-refractivity contribution in [2.75, 3.05) is 26.7 Å². The fourth-order valence-electron chi connectivity index (χ4n) is 2.21. The molecule has 0 spiro atoms. The third kappa shape index (κ3) is 3.37. The van der Waals surface area contributed by atoms with E-state index in [-0.39, 0.29) is 11.5 Å². The molecule has 0 aromatic rings. The Balaban J connectivity index is 2.48. The standard InChI is InChI=1S/C12H24N2O2/c1-12(2,3)10-6-5-8-14(10)11(15)16-9-7-13-4/h10,13H,5-9H2,1-4H3. The average Bonchev–Trinajstić information content (AvgIpc) is 2.65. The predicted octanol–water partition coefficient (Wildman–Crippen LogP) is 1.85. The van der Waals surface area contributed by atoms with Crippen molar-refractivity contribution >= 4 is 6.09 Å². The maximum Gasteiger partial charge on any atom is 0.410 e. The van der Waals surface area contributed by atoms with Crippen LogP contribution in [-0.4, -0.2) is 43.8 Å². The van der Waals surface area contributed by atoms with Crippen molar-refractivity contribution in [1.82, 2.24) is 10.2 Å². The zero-order chi connectivity index (χ0) is 12.2. The number of nitrogens with zero attached hydrogens (tertiary/aromatic N) is 1. The lowest BCUT2D eigenvalue weighted by Crippen LogP contribution is -2.43. The van der Waals surface area contributed by atoms with Crippen LogP contribution in [0.15, 0.2) is 0 Å². The number of nitrogens with one attached hydrogen (secondary N) is 1. The van der Waals surface area contributed by atoms with E-state index < -0.39 is 0 Å². The molecule has 1 aliphatic heterocycles. The van der Waals surface area contributed by atoms with E-state index in [2.05, 4.69) is 26.1 Å². The number of ether oxygens (including phenoxy) is 1. The van der Waals surface area contributed by atoms with Gasteiger partial charge in [-0.05, 0) is 25.3 Å². The summed E-state index contributed by atoms with van der Waals surface area (Å²) in [5.41, 5.74) is 0.137. The van der Waals surface area contributed by atoms with E-state index in [0.717, 1.165) is 19.4 Å². The summed E-state index contributed by atoms with van der Waals surface area (Å²) >= 11 is 0. The summed E-state index contributed by atoms with van der Waals surface area (Å²) in [7, 11) is 1.85. The molecule has 1 heterocycles. The summed E-state index contributed by atoms with van der Waals surface area (Å²) in [6.07, 6.45) is 2.01. The van der Waals surface area contributed by atoms with Crippen molar-refractivity contribution in [3.8, 4) is 0 Å². The Kier molecular flexibility index (Phi) is 4.59. The number of hydrogen-bond acceptors (Lipinski definition) is 3. The molecular formula is C12H24N2O2. The zero-order valence-corrected chi connectivity index (χ0v) is 10.9. The number of rotatable bonds is 3. The summed E-state index contributed by atoms with van der Waals surface area (Å²) in [6.45, 7) is 8.52. The highest BCUT2D eigenvalue weighted by atomic mass is 16.6. The van der Waals surface area contributed by atoms with Crippen molar-refractivity contribution in [2.24, 2.45) is 5.41 Å². The number of likely N-dealkylation sites (N-methyl/N-ethyl adjacent to an activating group) is 1. The number of carbonyl (C=O) groups is 1. The van der Waals surface area contributed by atoms with E-state index in [1.165, 1.54) is 0 Å². The molecule has 0 aromatic carbocycles. The van der Waals surface area contributed by atoms with Gasteiger partial charge < -0.3 is 15.0 Å². The van der Waals surface area contributed by atoms with Crippen LogP contribution in [0.5, 0.6) is 0 Å². The molecule has 0 bridgehead atoms. The van der Waals surface area contributed by atoms with E-state index in [0.29, 0.717) is 19.2 Å². The summed E-state index contributed by atoms with van der Waals surface area (Å²) in [4.78, 5) is 13.7. The van der Waals surface area contributed by atoms with Crippen molar-refractivity contribution in [1.29, 1.82) is 0 Å². The quantitative estimate of drug-likeness (QED) is 0.750. The molecule has 4 nitrogen and oxygen atoms in total. The lowest BCUT2D eigenvalue weighted by molar-refractivity contribution is 0.0759. The minimum atomic E-state index is -0.160. The third-order valence-corrected chi connectivity index (χ3v) is 3.06. The lowest BCUT2D eigenvalue weighted by atomic mass is 9.85. The van der Waals surface area contributed by atoms with Crippen LogP contribution in [0.3, 0.4) is 0 Å². The Labute approximate surface area is 98.3 Å². The second-order valence-electron chi connectivity index (χ2n) is 5.44.